The molecule has 0 saturated heterocycles. The lowest BCUT2D eigenvalue weighted by atomic mass is 10.3. The number of amidine groups is 1. The molecule has 0 atom stereocenters. The summed E-state index contributed by atoms with van der Waals surface area (Å²) < 4.78 is 53.6. The van der Waals surface area contributed by atoms with Crippen LogP contribution in [0.5, 0.6) is 0 Å². The van der Waals surface area contributed by atoms with Crippen LogP contribution in [0.1, 0.15) is 5.56 Å². The average molecular weight is 315 g/mol. The van der Waals surface area contributed by atoms with Gasteiger partial charge in [0.15, 0.2) is 11.6 Å². The summed E-state index contributed by atoms with van der Waals surface area (Å²) >= 11 is 0. The molecule has 1 aromatic heterocycles. The van der Waals surface area contributed by atoms with Crippen LogP contribution in [0, 0.1) is 17.0 Å². The predicted octanol–water partition coefficient (Wildman–Crippen LogP) is 0.783. The van der Waals surface area contributed by atoms with Crippen molar-refractivity contribution < 1.29 is 17.2 Å². The second kappa shape index (κ2) is 5.13. The zero-order valence-corrected chi connectivity index (χ0v) is 11.6. The maximum absolute atomic E-state index is 13.1. The van der Waals surface area contributed by atoms with Crippen LogP contribution in [0.3, 0.4) is 0 Å². The molecular weight excluding hydrogens is 304 g/mol. The zero-order valence-electron chi connectivity index (χ0n) is 10.8. The first-order valence-corrected chi connectivity index (χ1v) is 7.05. The number of hydrogen-bond donors (Lipinski definition) is 3. The Morgan fingerprint density at radius 2 is 2.05 bits per heavy atom. The molecule has 1 heterocycles. The normalized spacial score (nSPS) is 11.4. The van der Waals surface area contributed by atoms with E-state index in [1.54, 1.807) is 0 Å². The number of nitrogens with zero attached hydrogens (tertiary/aromatic N) is 2. The monoisotopic (exact) mass is 315 g/mol. The highest BCUT2D eigenvalue weighted by Gasteiger charge is 2.21. The number of nitrogen functional groups attached to an aromatic ring is 1. The van der Waals surface area contributed by atoms with Crippen LogP contribution in [0.25, 0.3) is 0 Å². The van der Waals surface area contributed by atoms with Crippen molar-refractivity contribution in [3.8, 4) is 0 Å². The number of sulfonamides is 1. The molecule has 21 heavy (non-hydrogen) atoms. The highest BCUT2D eigenvalue weighted by Crippen LogP contribution is 2.20. The second-order valence-electron chi connectivity index (χ2n) is 4.13. The summed E-state index contributed by atoms with van der Waals surface area (Å²) in [6.45, 7) is 0. The minimum atomic E-state index is -4.17. The van der Waals surface area contributed by atoms with Crippen molar-refractivity contribution in [1.29, 1.82) is 5.41 Å². The van der Waals surface area contributed by atoms with Gasteiger partial charge >= 0.3 is 0 Å². The van der Waals surface area contributed by atoms with Crippen LogP contribution in [0.4, 0.5) is 14.6 Å². The lowest BCUT2D eigenvalue weighted by Gasteiger charge is -2.10. The van der Waals surface area contributed by atoms with Crippen LogP contribution in [0.2, 0.25) is 0 Å². The van der Waals surface area contributed by atoms with E-state index in [0.717, 1.165) is 10.7 Å². The number of anilines is 1. The van der Waals surface area contributed by atoms with E-state index in [9.17, 15) is 17.2 Å². The Hall–Kier alpha value is -2.49. The highest BCUT2D eigenvalue weighted by atomic mass is 32.2. The van der Waals surface area contributed by atoms with Gasteiger partial charge in [0, 0.05) is 7.05 Å². The lowest BCUT2D eigenvalue weighted by Crippen LogP contribution is -2.20. The molecule has 2 rings (SSSR count). The van der Waals surface area contributed by atoms with E-state index >= 15 is 0 Å². The van der Waals surface area contributed by atoms with Crippen molar-refractivity contribution in [3.05, 3.63) is 41.6 Å². The summed E-state index contributed by atoms with van der Waals surface area (Å²) in [7, 11) is -2.73. The summed E-state index contributed by atoms with van der Waals surface area (Å²) in [6, 6.07) is 2.19. The number of rotatable bonds is 4. The third kappa shape index (κ3) is 2.84. The van der Waals surface area contributed by atoms with Crippen molar-refractivity contribution in [1.82, 2.24) is 9.78 Å². The van der Waals surface area contributed by atoms with E-state index < -0.39 is 26.6 Å². The maximum atomic E-state index is 13.1. The molecule has 0 aliphatic carbocycles. The van der Waals surface area contributed by atoms with E-state index in [0.29, 0.717) is 12.1 Å². The number of nitrogens with one attached hydrogen (secondary N) is 2. The largest absolute Gasteiger partial charge is 0.384 e. The first kappa shape index (κ1) is 14.9. The van der Waals surface area contributed by atoms with Gasteiger partial charge < -0.3 is 5.73 Å². The Labute approximate surface area is 118 Å². The van der Waals surface area contributed by atoms with Gasteiger partial charge in [-0.15, -0.1) is 0 Å². The number of aromatic nitrogens is 2. The predicted molar refractivity (Wildman–Crippen MR) is 71.4 cm³/mol. The van der Waals surface area contributed by atoms with Crippen molar-refractivity contribution in [2.24, 2.45) is 12.8 Å². The first-order valence-electron chi connectivity index (χ1n) is 5.56. The van der Waals surface area contributed by atoms with Gasteiger partial charge in [0.1, 0.15) is 11.7 Å². The van der Waals surface area contributed by atoms with Gasteiger partial charge in [0.2, 0.25) is 0 Å². The van der Waals surface area contributed by atoms with Crippen molar-refractivity contribution in [2.45, 2.75) is 4.90 Å². The fraction of sp³-hybridized carbons (Fsp3) is 0.0909. The molecule has 112 valence electrons. The standard InChI is InChI=1S/C11H11F2N5O2S/c1-18-11(7(5-16-18)10(14)15)17-21(19,20)6-2-3-8(12)9(13)4-6/h2-5,17H,1H3,(H3,14,15). The Bertz CT molecular complexity index is 816. The van der Waals surface area contributed by atoms with E-state index in [2.05, 4.69) is 9.82 Å². The summed E-state index contributed by atoms with van der Waals surface area (Å²) in [6.07, 6.45) is 1.21. The van der Waals surface area contributed by atoms with E-state index in [1.807, 2.05) is 0 Å². The van der Waals surface area contributed by atoms with Gasteiger partial charge in [0.05, 0.1) is 16.7 Å². The molecule has 0 spiro atoms. The molecule has 10 heteroatoms. The summed E-state index contributed by atoms with van der Waals surface area (Å²) in [4.78, 5) is -0.461. The molecular formula is C11H11F2N5O2S. The zero-order chi connectivity index (χ0) is 15.8. The number of nitrogens with two attached hydrogens (primary N) is 1. The smallest absolute Gasteiger partial charge is 0.263 e. The molecule has 0 bridgehead atoms. The Kier molecular flexibility index (Phi) is 3.64. The molecule has 1 aromatic carbocycles. The molecule has 7 nitrogen and oxygen atoms in total. The van der Waals surface area contributed by atoms with Gasteiger partial charge in [-0.25, -0.2) is 17.2 Å². The topological polar surface area (TPSA) is 114 Å². The van der Waals surface area contributed by atoms with E-state index in [4.69, 9.17) is 11.1 Å². The molecule has 2 aromatic rings. The van der Waals surface area contributed by atoms with Crippen LogP contribution < -0.4 is 10.5 Å². The molecule has 0 unspecified atom stereocenters. The molecule has 0 aliphatic heterocycles. The number of hydrogen-bond acceptors (Lipinski definition) is 4. The quantitative estimate of drug-likeness (QED) is 0.571. The second-order valence-corrected chi connectivity index (χ2v) is 5.81. The Balaban J connectivity index is 2.44. The molecule has 0 radical (unpaired) electrons. The average Bonchev–Trinajstić information content (AvgIpc) is 2.74. The summed E-state index contributed by atoms with van der Waals surface area (Å²) in [5, 5.41) is 11.1. The Morgan fingerprint density at radius 1 is 1.38 bits per heavy atom. The highest BCUT2D eigenvalue weighted by molar-refractivity contribution is 7.92. The van der Waals surface area contributed by atoms with Gasteiger partial charge in [-0.05, 0) is 18.2 Å². The maximum Gasteiger partial charge on any atom is 0.263 e. The third-order valence-corrected chi connectivity index (χ3v) is 4.00. The number of benzene rings is 1. The van der Waals surface area contributed by atoms with Crippen LogP contribution in [0.15, 0.2) is 29.3 Å². The van der Waals surface area contributed by atoms with Crippen molar-refractivity contribution in [2.75, 3.05) is 4.72 Å². The lowest BCUT2D eigenvalue weighted by molar-refractivity contribution is 0.504. The van der Waals surface area contributed by atoms with Crippen molar-refractivity contribution in [3.63, 3.8) is 0 Å². The van der Waals surface area contributed by atoms with E-state index in [-0.39, 0.29) is 17.2 Å². The van der Waals surface area contributed by atoms with Crippen molar-refractivity contribution >= 4 is 21.7 Å². The van der Waals surface area contributed by atoms with Crippen LogP contribution >= 0.6 is 0 Å². The summed E-state index contributed by atoms with van der Waals surface area (Å²) in [5.74, 6) is -2.87. The minimum Gasteiger partial charge on any atom is -0.384 e. The third-order valence-electron chi connectivity index (χ3n) is 2.66. The van der Waals surface area contributed by atoms with Gasteiger partial charge in [-0.1, -0.05) is 0 Å². The SMILES string of the molecule is Cn1ncc(C(=N)N)c1NS(=O)(=O)c1ccc(F)c(F)c1. The first-order chi connectivity index (χ1) is 9.72. The fourth-order valence-electron chi connectivity index (χ4n) is 1.59. The molecule has 0 aliphatic rings. The van der Waals surface area contributed by atoms with E-state index in [1.165, 1.54) is 13.2 Å². The molecule has 0 amide bonds. The van der Waals surface area contributed by atoms with Crippen LogP contribution in [-0.4, -0.2) is 24.0 Å². The minimum absolute atomic E-state index is 0.0489. The van der Waals surface area contributed by atoms with Gasteiger partial charge in [0.25, 0.3) is 10.0 Å². The van der Waals surface area contributed by atoms with Gasteiger partial charge in [-0.2, -0.15) is 5.10 Å². The number of halogens is 2. The number of aryl methyl sites for hydroxylation is 1. The molecule has 4 N–H and O–H groups in total. The van der Waals surface area contributed by atoms with Gasteiger partial charge in [-0.3, -0.25) is 14.8 Å². The Morgan fingerprint density at radius 3 is 2.62 bits per heavy atom. The fourth-order valence-corrected chi connectivity index (χ4v) is 2.71. The molecule has 0 saturated carbocycles. The molecule has 0 fully saturated rings. The van der Waals surface area contributed by atoms with Crippen LogP contribution in [-0.2, 0) is 17.1 Å². The summed E-state index contributed by atoms with van der Waals surface area (Å²) in [5.41, 5.74) is 5.39.